The lowest BCUT2D eigenvalue weighted by Gasteiger charge is -2.38. The maximum absolute atomic E-state index is 12.1. The van der Waals surface area contributed by atoms with Crippen LogP contribution in [0.1, 0.15) is 52.9 Å². The quantitative estimate of drug-likeness (QED) is 0.756. The number of aliphatic carboxylic acids is 1. The van der Waals surface area contributed by atoms with E-state index in [0.717, 1.165) is 6.42 Å². The molecule has 0 aliphatic heterocycles. The van der Waals surface area contributed by atoms with Gasteiger partial charge in [0.25, 0.3) is 0 Å². The van der Waals surface area contributed by atoms with Crippen LogP contribution in [-0.4, -0.2) is 47.0 Å². The van der Waals surface area contributed by atoms with Crippen molar-refractivity contribution in [1.82, 2.24) is 4.90 Å². The fraction of sp³-hybridized carbons (Fsp3) is 0.800. The third-order valence-corrected chi connectivity index (χ3v) is 3.75. The molecule has 0 spiro atoms. The predicted octanol–water partition coefficient (Wildman–Crippen LogP) is 1.82. The molecular formula is C15H25NO5. The van der Waals surface area contributed by atoms with E-state index in [9.17, 15) is 19.5 Å². The summed E-state index contributed by atoms with van der Waals surface area (Å²) in [5, 5.41) is 9.22. The average Bonchev–Trinajstić information content (AvgIpc) is 2.27. The molecular weight excluding hydrogens is 274 g/mol. The van der Waals surface area contributed by atoms with E-state index in [0.29, 0.717) is 12.8 Å². The van der Waals surface area contributed by atoms with E-state index in [1.54, 1.807) is 27.8 Å². The topological polar surface area (TPSA) is 83.9 Å². The van der Waals surface area contributed by atoms with Gasteiger partial charge in [0.15, 0.2) is 0 Å². The van der Waals surface area contributed by atoms with Gasteiger partial charge >= 0.3 is 11.9 Å². The van der Waals surface area contributed by atoms with Gasteiger partial charge in [-0.1, -0.05) is 6.42 Å². The number of amides is 1. The Kier molecular flexibility index (Phi) is 5.36. The number of carbonyl (C=O) groups is 3. The summed E-state index contributed by atoms with van der Waals surface area (Å²) in [7, 11) is 1.58. The monoisotopic (exact) mass is 299 g/mol. The minimum atomic E-state index is -0.900. The Labute approximate surface area is 125 Å². The molecule has 0 radical (unpaired) electrons. The van der Waals surface area contributed by atoms with Gasteiger partial charge in [-0.05, 0) is 33.6 Å². The summed E-state index contributed by atoms with van der Waals surface area (Å²) in [4.78, 5) is 36.3. The van der Waals surface area contributed by atoms with Crippen LogP contribution >= 0.6 is 0 Å². The molecule has 1 fully saturated rings. The van der Waals surface area contributed by atoms with Crippen LogP contribution in [0.25, 0.3) is 0 Å². The zero-order valence-corrected chi connectivity index (χ0v) is 13.3. The molecule has 1 amide bonds. The van der Waals surface area contributed by atoms with Crippen LogP contribution in [0, 0.1) is 5.41 Å². The number of ether oxygens (including phenoxy) is 1. The van der Waals surface area contributed by atoms with Gasteiger partial charge < -0.3 is 14.7 Å². The molecule has 1 saturated carbocycles. The third-order valence-electron chi connectivity index (χ3n) is 3.75. The number of carboxylic acid groups (broad SMARTS) is 1. The summed E-state index contributed by atoms with van der Waals surface area (Å²) in [6.45, 7) is 5.59. The molecule has 1 N–H and O–H groups in total. The Balaban J connectivity index is 2.41. The molecule has 0 aromatic carbocycles. The predicted molar refractivity (Wildman–Crippen MR) is 76.6 cm³/mol. The van der Waals surface area contributed by atoms with Crippen molar-refractivity contribution in [2.24, 2.45) is 5.41 Å². The number of carboxylic acids is 1. The zero-order chi connectivity index (χ0) is 16.3. The summed E-state index contributed by atoms with van der Waals surface area (Å²) in [6, 6.07) is 0. The van der Waals surface area contributed by atoms with Crippen molar-refractivity contribution in [3.05, 3.63) is 0 Å². The van der Waals surface area contributed by atoms with E-state index in [1.165, 1.54) is 4.90 Å². The van der Waals surface area contributed by atoms with Crippen LogP contribution in [-0.2, 0) is 19.1 Å². The highest BCUT2D eigenvalue weighted by Gasteiger charge is 2.46. The molecule has 6 heteroatoms. The van der Waals surface area contributed by atoms with Crippen LogP contribution < -0.4 is 0 Å². The second-order valence-corrected chi connectivity index (χ2v) is 6.77. The number of carbonyl (C=O) groups excluding carboxylic acids is 2. The van der Waals surface area contributed by atoms with Crippen molar-refractivity contribution < 1.29 is 24.2 Å². The Bertz CT molecular complexity index is 420. The normalized spacial score (nSPS) is 16.8. The van der Waals surface area contributed by atoms with Crippen molar-refractivity contribution in [3.63, 3.8) is 0 Å². The van der Waals surface area contributed by atoms with Crippen LogP contribution in [0.4, 0.5) is 0 Å². The van der Waals surface area contributed by atoms with E-state index in [4.69, 9.17) is 4.74 Å². The molecule has 0 aromatic heterocycles. The van der Waals surface area contributed by atoms with Crippen LogP contribution in [0.3, 0.4) is 0 Å². The lowest BCUT2D eigenvalue weighted by atomic mass is 9.66. The molecule has 0 saturated heterocycles. The lowest BCUT2D eigenvalue weighted by molar-refractivity contribution is -0.160. The minimum absolute atomic E-state index is 0.00710. The molecule has 6 nitrogen and oxygen atoms in total. The largest absolute Gasteiger partial charge is 0.481 e. The highest BCUT2D eigenvalue weighted by molar-refractivity contribution is 5.85. The average molecular weight is 299 g/mol. The maximum Gasteiger partial charge on any atom is 0.310 e. The fourth-order valence-corrected chi connectivity index (χ4v) is 2.27. The van der Waals surface area contributed by atoms with Crippen molar-refractivity contribution in [2.75, 3.05) is 13.6 Å². The molecule has 0 bridgehead atoms. The highest BCUT2D eigenvalue weighted by Crippen LogP contribution is 2.44. The first-order valence-corrected chi connectivity index (χ1v) is 7.25. The lowest BCUT2D eigenvalue weighted by Crippen LogP contribution is -2.43. The van der Waals surface area contributed by atoms with Gasteiger partial charge in [-0.2, -0.15) is 0 Å². The van der Waals surface area contributed by atoms with E-state index in [2.05, 4.69) is 0 Å². The zero-order valence-electron chi connectivity index (χ0n) is 13.3. The van der Waals surface area contributed by atoms with Crippen LogP contribution in [0.15, 0.2) is 0 Å². The molecule has 1 rings (SSSR count). The summed E-state index contributed by atoms with van der Waals surface area (Å²) >= 11 is 0. The van der Waals surface area contributed by atoms with Crippen molar-refractivity contribution in [1.29, 1.82) is 0 Å². The van der Waals surface area contributed by atoms with Crippen molar-refractivity contribution in [2.45, 2.75) is 58.5 Å². The summed E-state index contributed by atoms with van der Waals surface area (Å²) in [6.07, 6.45) is 2.07. The third kappa shape index (κ3) is 5.02. The summed E-state index contributed by atoms with van der Waals surface area (Å²) in [5.74, 6) is -1.50. The highest BCUT2D eigenvalue weighted by atomic mass is 16.6. The van der Waals surface area contributed by atoms with E-state index in [1.807, 2.05) is 0 Å². The Hall–Kier alpha value is -1.59. The van der Waals surface area contributed by atoms with Gasteiger partial charge in [-0.15, -0.1) is 0 Å². The number of rotatable bonds is 6. The number of hydrogen-bond donors (Lipinski definition) is 1. The maximum atomic E-state index is 12.1. The van der Waals surface area contributed by atoms with Crippen molar-refractivity contribution in [3.8, 4) is 0 Å². The number of esters is 1. The van der Waals surface area contributed by atoms with E-state index in [-0.39, 0.29) is 31.3 Å². The smallest absolute Gasteiger partial charge is 0.310 e. The Morgan fingerprint density at radius 1 is 1.24 bits per heavy atom. The van der Waals surface area contributed by atoms with Gasteiger partial charge in [0, 0.05) is 20.0 Å². The second-order valence-electron chi connectivity index (χ2n) is 6.77. The van der Waals surface area contributed by atoms with Crippen LogP contribution in [0.2, 0.25) is 0 Å². The van der Waals surface area contributed by atoms with Crippen molar-refractivity contribution >= 4 is 17.8 Å². The van der Waals surface area contributed by atoms with Gasteiger partial charge in [0.2, 0.25) is 5.91 Å². The molecule has 1 aliphatic carbocycles. The Morgan fingerprint density at radius 3 is 2.19 bits per heavy atom. The second kappa shape index (κ2) is 6.45. The van der Waals surface area contributed by atoms with Crippen LogP contribution in [0.5, 0.6) is 0 Å². The fourth-order valence-electron chi connectivity index (χ4n) is 2.27. The van der Waals surface area contributed by atoms with Gasteiger partial charge in [0.05, 0.1) is 11.8 Å². The molecule has 0 aromatic rings. The molecule has 120 valence electrons. The standard InChI is InChI=1S/C15H25NO5/c1-14(2,3)21-12(18)6-9-16(4)11(17)10-15(13(19)20)7-5-8-15/h5-10H2,1-4H3,(H,19,20). The van der Waals surface area contributed by atoms with E-state index < -0.39 is 17.0 Å². The number of hydrogen-bond acceptors (Lipinski definition) is 4. The molecule has 0 atom stereocenters. The number of nitrogens with zero attached hydrogens (tertiary/aromatic N) is 1. The SMILES string of the molecule is CN(CCC(=O)OC(C)(C)C)C(=O)CC1(C(=O)O)CCC1. The molecule has 0 unspecified atom stereocenters. The molecule has 21 heavy (non-hydrogen) atoms. The van der Waals surface area contributed by atoms with Gasteiger partial charge in [-0.3, -0.25) is 14.4 Å². The summed E-state index contributed by atoms with van der Waals surface area (Å²) < 4.78 is 5.17. The minimum Gasteiger partial charge on any atom is -0.481 e. The first-order valence-electron chi connectivity index (χ1n) is 7.25. The first-order chi connectivity index (χ1) is 9.56. The van der Waals surface area contributed by atoms with E-state index >= 15 is 0 Å². The molecule has 1 aliphatic rings. The molecule has 0 heterocycles. The Morgan fingerprint density at radius 2 is 1.81 bits per heavy atom. The van der Waals surface area contributed by atoms with Gasteiger partial charge in [-0.25, -0.2) is 0 Å². The first kappa shape index (κ1) is 17.5. The van der Waals surface area contributed by atoms with Gasteiger partial charge in [0.1, 0.15) is 5.60 Å². The summed E-state index contributed by atoms with van der Waals surface area (Å²) in [5.41, 5.74) is -1.43.